The van der Waals surface area contributed by atoms with Gasteiger partial charge in [0.15, 0.2) is 0 Å². The molecular weight excluding hydrogens is 368 g/mol. The normalized spacial score (nSPS) is 11.4. The second kappa shape index (κ2) is 12.3. The first kappa shape index (κ1) is 22.1. The van der Waals surface area contributed by atoms with Gasteiger partial charge in [0, 0.05) is 39.3 Å². The minimum Gasteiger partial charge on any atom is -0.350 e. The summed E-state index contributed by atoms with van der Waals surface area (Å²) in [5, 5.41) is 7.93. The van der Waals surface area contributed by atoms with E-state index in [9.17, 15) is 9.59 Å². The topological polar surface area (TPSA) is 92.8 Å². The summed E-state index contributed by atoms with van der Waals surface area (Å²) in [7, 11) is 3.84. The van der Waals surface area contributed by atoms with Crippen LogP contribution < -0.4 is 10.9 Å². The smallest absolute Gasteiger partial charge is 0.240 e. The number of hydrazone groups is 2. The van der Waals surface area contributed by atoms with Gasteiger partial charge < -0.3 is 9.13 Å². The standard InChI is InChI=1S/C21H30N6O2/c1-26-14-8-10-18(26)16-22-24-20(28)12-6-4-3-5-7-13-21(29)25-23-17-19-11-9-15-27(19)2/h8-11,14-17H,3-7,12-13H2,1-2H3,(H,24,28)(H,25,29). The molecule has 8 nitrogen and oxygen atoms in total. The Balaban J connectivity index is 1.45. The first-order valence-electron chi connectivity index (χ1n) is 9.93. The number of hydrogen-bond donors (Lipinski definition) is 2. The Bertz CT molecular complexity index is 766. The van der Waals surface area contributed by atoms with E-state index in [1.165, 1.54) is 0 Å². The van der Waals surface area contributed by atoms with Crippen LogP contribution >= 0.6 is 0 Å². The third kappa shape index (κ3) is 8.59. The van der Waals surface area contributed by atoms with E-state index in [1.807, 2.05) is 59.9 Å². The molecular formula is C21H30N6O2. The fourth-order valence-corrected chi connectivity index (χ4v) is 2.77. The van der Waals surface area contributed by atoms with Crippen LogP contribution in [0, 0.1) is 0 Å². The van der Waals surface area contributed by atoms with Crippen LogP contribution in [0.25, 0.3) is 0 Å². The second-order valence-electron chi connectivity index (χ2n) is 6.94. The minimum absolute atomic E-state index is 0.0779. The lowest BCUT2D eigenvalue weighted by molar-refractivity contribution is -0.121. The number of unbranched alkanes of at least 4 members (excludes halogenated alkanes) is 4. The van der Waals surface area contributed by atoms with E-state index in [0.717, 1.165) is 43.5 Å². The van der Waals surface area contributed by atoms with Gasteiger partial charge >= 0.3 is 0 Å². The van der Waals surface area contributed by atoms with Crippen molar-refractivity contribution in [3.8, 4) is 0 Å². The zero-order valence-corrected chi connectivity index (χ0v) is 17.2. The molecule has 2 rings (SSSR count). The third-order valence-corrected chi connectivity index (χ3v) is 4.55. The first-order chi connectivity index (χ1) is 14.1. The highest BCUT2D eigenvalue weighted by molar-refractivity contribution is 5.81. The molecule has 0 aliphatic rings. The predicted octanol–water partition coefficient (Wildman–Crippen LogP) is 2.69. The molecule has 0 spiro atoms. The van der Waals surface area contributed by atoms with Crippen molar-refractivity contribution in [2.24, 2.45) is 24.3 Å². The average Bonchev–Trinajstić information content (AvgIpc) is 3.29. The number of carbonyl (C=O) groups is 2. The number of nitrogens with zero attached hydrogens (tertiary/aromatic N) is 4. The van der Waals surface area contributed by atoms with Crippen molar-refractivity contribution in [3.05, 3.63) is 48.0 Å². The Labute approximate surface area is 171 Å². The van der Waals surface area contributed by atoms with Gasteiger partial charge in [-0.15, -0.1) is 0 Å². The summed E-state index contributed by atoms with van der Waals surface area (Å²) >= 11 is 0. The SMILES string of the molecule is Cn1cccc1C=NNC(=O)CCCCCCCC(=O)NN=Cc1cccn1C. The van der Waals surface area contributed by atoms with Crippen molar-refractivity contribution in [2.45, 2.75) is 44.9 Å². The second-order valence-corrected chi connectivity index (χ2v) is 6.94. The Hall–Kier alpha value is -3.16. The molecule has 0 saturated heterocycles. The highest BCUT2D eigenvalue weighted by Gasteiger charge is 2.02. The van der Waals surface area contributed by atoms with E-state index >= 15 is 0 Å². The van der Waals surface area contributed by atoms with Crippen molar-refractivity contribution >= 4 is 24.2 Å². The molecule has 29 heavy (non-hydrogen) atoms. The Morgan fingerprint density at radius 1 is 0.793 bits per heavy atom. The van der Waals surface area contributed by atoms with Gasteiger partial charge in [-0.25, -0.2) is 10.9 Å². The first-order valence-corrected chi connectivity index (χ1v) is 9.93. The van der Waals surface area contributed by atoms with E-state index in [4.69, 9.17) is 0 Å². The van der Waals surface area contributed by atoms with E-state index in [0.29, 0.717) is 12.8 Å². The van der Waals surface area contributed by atoms with E-state index < -0.39 is 0 Å². The summed E-state index contributed by atoms with van der Waals surface area (Å²) in [4.78, 5) is 23.5. The highest BCUT2D eigenvalue weighted by Crippen LogP contribution is 2.07. The molecule has 2 aromatic rings. The number of amides is 2. The Kier molecular flexibility index (Phi) is 9.41. The number of rotatable bonds is 12. The van der Waals surface area contributed by atoms with Crippen LogP contribution in [-0.2, 0) is 23.7 Å². The Morgan fingerprint density at radius 2 is 1.21 bits per heavy atom. The van der Waals surface area contributed by atoms with Crippen molar-refractivity contribution in [1.29, 1.82) is 0 Å². The van der Waals surface area contributed by atoms with Crippen LogP contribution in [0.4, 0.5) is 0 Å². The van der Waals surface area contributed by atoms with Crippen molar-refractivity contribution in [3.63, 3.8) is 0 Å². The van der Waals surface area contributed by atoms with Gasteiger partial charge in [0.25, 0.3) is 0 Å². The zero-order chi connectivity index (χ0) is 20.9. The predicted molar refractivity (Wildman–Crippen MR) is 115 cm³/mol. The van der Waals surface area contributed by atoms with Gasteiger partial charge in [0.05, 0.1) is 23.8 Å². The summed E-state index contributed by atoms with van der Waals surface area (Å²) < 4.78 is 3.84. The number of carbonyl (C=O) groups excluding carboxylic acids is 2. The van der Waals surface area contributed by atoms with Crippen LogP contribution in [0.3, 0.4) is 0 Å². The third-order valence-electron chi connectivity index (χ3n) is 4.55. The van der Waals surface area contributed by atoms with E-state index in [1.54, 1.807) is 12.4 Å². The molecule has 2 amide bonds. The largest absolute Gasteiger partial charge is 0.350 e. The molecule has 156 valence electrons. The van der Waals surface area contributed by atoms with Crippen LogP contribution in [0.2, 0.25) is 0 Å². The monoisotopic (exact) mass is 398 g/mol. The van der Waals surface area contributed by atoms with Crippen molar-refractivity contribution < 1.29 is 9.59 Å². The molecule has 2 N–H and O–H groups in total. The molecule has 2 heterocycles. The van der Waals surface area contributed by atoms with E-state index in [2.05, 4.69) is 21.1 Å². The van der Waals surface area contributed by atoms with Gasteiger partial charge in [0.1, 0.15) is 0 Å². The van der Waals surface area contributed by atoms with Gasteiger partial charge in [-0.1, -0.05) is 19.3 Å². The maximum atomic E-state index is 11.7. The van der Waals surface area contributed by atoms with Crippen LogP contribution in [0.5, 0.6) is 0 Å². The van der Waals surface area contributed by atoms with Crippen LogP contribution in [0.15, 0.2) is 46.9 Å². The van der Waals surface area contributed by atoms with Gasteiger partial charge in [-0.2, -0.15) is 10.2 Å². The fourth-order valence-electron chi connectivity index (χ4n) is 2.77. The summed E-state index contributed by atoms with van der Waals surface area (Å²) in [6, 6.07) is 7.69. The lowest BCUT2D eigenvalue weighted by Crippen LogP contribution is -2.17. The van der Waals surface area contributed by atoms with Crippen LogP contribution in [-0.4, -0.2) is 33.4 Å². The molecule has 0 aromatic carbocycles. The molecule has 2 aromatic heterocycles. The summed E-state index contributed by atoms with van der Waals surface area (Å²) in [5.41, 5.74) is 6.96. The quantitative estimate of drug-likeness (QED) is 0.327. The molecule has 0 bridgehead atoms. The van der Waals surface area contributed by atoms with Gasteiger partial charge in [-0.3, -0.25) is 9.59 Å². The molecule has 8 heteroatoms. The number of nitrogens with one attached hydrogen (secondary N) is 2. The van der Waals surface area contributed by atoms with Crippen molar-refractivity contribution in [1.82, 2.24) is 20.0 Å². The summed E-state index contributed by atoms with van der Waals surface area (Å²) in [5.74, 6) is -0.156. The maximum Gasteiger partial charge on any atom is 0.240 e. The molecule has 0 aliphatic heterocycles. The van der Waals surface area contributed by atoms with Crippen molar-refractivity contribution in [2.75, 3.05) is 0 Å². The minimum atomic E-state index is -0.0779. The molecule has 0 atom stereocenters. The molecule has 0 aliphatic carbocycles. The fraction of sp³-hybridized carbons (Fsp3) is 0.429. The molecule has 0 unspecified atom stereocenters. The molecule has 0 saturated carbocycles. The number of aryl methyl sites for hydroxylation is 2. The van der Waals surface area contributed by atoms with E-state index in [-0.39, 0.29) is 11.8 Å². The van der Waals surface area contributed by atoms with Crippen LogP contribution in [0.1, 0.15) is 56.3 Å². The van der Waals surface area contributed by atoms with Gasteiger partial charge in [0.2, 0.25) is 11.8 Å². The number of aromatic nitrogens is 2. The van der Waals surface area contributed by atoms with Gasteiger partial charge in [-0.05, 0) is 37.1 Å². The maximum absolute atomic E-state index is 11.7. The Morgan fingerprint density at radius 3 is 1.59 bits per heavy atom. The lowest BCUT2D eigenvalue weighted by Gasteiger charge is -2.02. The molecule has 0 fully saturated rings. The average molecular weight is 399 g/mol. The summed E-state index contributed by atoms with van der Waals surface area (Å²) in [6.07, 6.45) is 12.6. The summed E-state index contributed by atoms with van der Waals surface area (Å²) in [6.45, 7) is 0. The lowest BCUT2D eigenvalue weighted by atomic mass is 10.1. The zero-order valence-electron chi connectivity index (χ0n) is 17.2. The number of hydrogen-bond acceptors (Lipinski definition) is 4. The molecule has 0 radical (unpaired) electrons. The highest BCUT2D eigenvalue weighted by atomic mass is 16.2.